The van der Waals surface area contributed by atoms with Gasteiger partial charge in [-0.05, 0) is 37.6 Å². The first-order chi connectivity index (χ1) is 19.4. The van der Waals surface area contributed by atoms with Crippen molar-refractivity contribution in [1.29, 1.82) is 0 Å². The van der Waals surface area contributed by atoms with E-state index in [-0.39, 0.29) is 4.90 Å². The molecule has 2 aromatic carbocycles. The Morgan fingerprint density at radius 1 is 0.675 bits per heavy atom. The lowest BCUT2D eigenvalue weighted by Crippen LogP contribution is -2.33. The van der Waals surface area contributed by atoms with Crippen LogP contribution >= 0.6 is 0 Å². The van der Waals surface area contributed by atoms with E-state index in [2.05, 4.69) is 42.0 Å². The number of unbranched alkanes of at least 4 members (excludes halogenated alkanes) is 15. The highest BCUT2D eigenvalue weighted by Crippen LogP contribution is 2.16. The summed E-state index contributed by atoms with van der Waals surface area (Å²) in [6, 6.07) is 16.2. The number of oxazole rings is 1. The minimum atomic E-state index is -4.27. The number of nitrogens with zero attached hydrogens (tertiary/aromatic N) is 1. The first kappa shape index (κ1) is 33.8. The predicted molar refractivity (Wildman–Crippen MR) is 163 cm³/mol. The summed E-state index contributed by atoms with van der Waals surface area (Å²) in [6.07, 6.45) is 26.5. The van der Waals surface area contributed by atoms with Gasteiger partial charge in [0.1, 0.15) is 10.1 Å². The summed E-state index contributed by atoms with van der Waals surface area (Å²) in [4.78, 5) is -0.178. The minimum absolute atomic E-state index is 0.178. The number of benzene rings is 2. The summed E-state index contributed by atoms with van der Waals surface area (Å²) in [6.45, 7) is 5.17. The van der Waals surface area contributed by atoms with Gasteiger partial charge in [0.2, 0.25) is 6.20 Å². The second-order valence-corrected chi connectivity index (χ2v) is 12.2. The number of rotatable bonds is 19. The van der Waals surface area contributed by atoms with Crippen LogP contribution in [-0.2, 0) is 16.7 Å². The van der Waals surface area contributed by atoms with Gasteiger partial charge in [-0.3, -0.25) is 0 Å². The first-order valence-electron chi connectivity index (χ1n) is 15.5. The van der Waals surface area contributed by atoms with Crippen LogP contribution in [0.25, 0.3) is 11.5 Å². The third-order valence-electron chi connectivity index (χ3n) is 7.26. The second kappa shape index (κ2) is 20.4. The minimum Gasteiger partial charge on any atom is -0.744 e. The van der Waals surface area contributed by atoms with Crippen molar-refractivity contribution < 1.29 is 22.0 Å². The lowest BCUT2D eigenvalue weighted by atomic mass is 10.0. The average molecular weight is 570 g/mol. The number of hydrogen-bond acceptors (Lipinski definition) is 4. The van der Waals surface area contributed by atoms with Crippen LogP contribution in [0.2, 0.25) is 0 Å². The summed E-state index contributed by atoms with van der Waals surface area (Å²) in [5.74, 6) is 0.978. The lowest BCUT2D eigenvalue weighted by Gasteiger charge is -2.05. The fourth-order valence-corrected chi connectivity index (χ4v) is 5.30. The van der Waals surface area contributed by atoms with Gasteiger partial charge >= 0.3 is 5.89 Å². The number of aryl methyl sites for hydroxylation is 2. The Kier molecular flexibility index (Phi) is 17.3. The van der Waals surface area contributed by atoms with Crippen LogP contribution in [0.15, 0.2) is 76.4 Å². The SMILES string of the molecule is CCCCCCCCCCCCCCCCCC[n+]1ccoc1-c1ccccc1.Cc1ccc(S(=O)(=O)[O-])cc1. The van der Waals surface area contributed by atoms with Gasteiger partial charge in [-0.15, -0.1) is 0 Å². The molecule has 0 spiro atoms. The van der Waals surface area contributed by atoms with Crippen molar-refractivity contribution in [2.45, 2.75) is 128 Å². The molecular weight excluding hydrogens is 518 g/mol. The van der Waals surface area contributed by atoms with Crippen molar-refractivity contribution in [2.24, 2.45) is 0 Å². The van der Waals surface area contributed by atoms with E-state index in [0.717, 1.165) is 23.6 Å². The number of hydrogen-bond donors (Lipinski definition) is 0. The van der Waals surface area contributed by atoms with Gasteiger partial charge < -0.3 is 8.97 Å². The van der Waals surface area contributed by atoms with Crippen molar-refractivity contribution in [1.82, 2.24) is 0 Å². The first-order valence-corrected chi connectivity index (χ1v) is 16.9. The molecule has 40 heavy (non-hydrogen) atoms. The summed E-state index contributed by atoms with van der Waals surface area (Å²) < 4.78 is 39.1. The normalized spacial score (nSPS) is 11.3. The van der Waals surface area contributed by atoms with E-state index in [1.807, 2.05) is 13.0 Å². The van der Waals surface area contributed by atoms with Crippen LogP contribution < -0.4 is 4.57 Å². The molecule has 0 N–H and O–H groups in total. The van der Waals surface area contributed by atoms with Crippen LogP contribution in [0.3, 0.4) is 0 Å². The maximum absolute atomic E-state index is 10.4. The van der Waals surface area contributed by atoms with Gasteiger partial charge in [-0.2, -0.15) is 4.57 Å². The molecule has 0 aliphatic rings. The van der Waals surface area contributed by atoms with E-state index in [0.29, 0.717) is 0 Å². The molecule has 0 aliphatic carbocycles. The third kappa shape index (κ3) is 14.8. The quantitative estimate of drug-likeness (QED) is 0.0819. The summed E-state index contributed by atoms with van der Waals surface area (Å²) in [7, 11) is -4.27. The van der Waals surface area contributed by atoms with Gasteiger partial charge in [-0.25, -0.2) is 8.42 Å². The smallest absolute Gasteiger partial charge is 0.380 e. The van der Waals surface area contributed by atoms with E-state index in [1.54, 1.807) is 18.4 Å². The van der Waals surface area contributed by atoms with Crippen LogP contribution in [0, 0.1) is 6.92 Å². The fraction of sp³-hybridized carbons (Fsp3) is 0.559. The van der Waals surface area contributed by atoms with Crippen molar-refractivity contribution in [2.75, 3.05) is 0 Å². The van der Waals surface area contributed by atoms with Crippen molar-refractivity contribution in [3.63, 3.8) is 0 Å². The Labute approximate surface area is 243 Å². The predicted octanol–water partition coefficient (Wildman–Crippen LogP) is 9.39. The maximum Gasteiger partial charge on any atom is 0.380 e. The van der Waals surface area contributed by atoms with Crippen molar-refractivity contribution >= 4 is 10.1 Å². The van der Waals surface area contributed by atoms with Crippen LogP contribution in [-0.4, -0.2) is 13.0 Å². The Balaban J connectivity index is 0.000000425. The zero-order valence-corrected chi connectivity index (χ0v) is 25.7. The van der Waals surface area contributed by atoms with Gasteiger partial charge in [-0.1, -0.05) is 133 Å². The Hall–Kier alpha value is -2.44. The molecule has 0 atom stereocenters. The van der Waals surface area contributed by atoms with Gasteiger partial charge in [0.15, 0.2) is 12.8 Å². The Morgan fingerprint density at radius 2 is 1.15 bits per heavy atom. The standard InChI is InChI=1S/C27H44NO.C7H8O3S/c1-2-3-4-5-6-7-8-9-10-11-12-13-14-15-16-20-23-28-24-25-29-27(28)26-21-18-17-19-22-26;1-6-2-4-7(5-3-6)11(8,9)10/h17-19,21-22,24-25H,2-16,20,23H2,1H3;2-5H,1H3,(H,8,9,10)/q+1;/p-1. The molecule has 5 nitrogen and oxygen atoms in total. The van der Waals surface area contributed by atoms with Gasteiger partial charge in [0.25, 0.3) is 0 Å². The molecule has 0 unspecified atom stereocenters. The molecule has 0 radical (unpaired) electrons. The molecular formula is C34H51NO4S. The number of aromatic nitrogens is 1. The highest BCUT2D eigenvalue weighted by Gasteiger charge is 2.16. The molecule has 0 saturated carbocycles. The largest absolute Gasteiger partial charge is 0.744 e. The molecule has 0 saturated heterocycles. The molecule has 222 valence electrons. The molecule has 1 aromatic heterocycles. The highest BCUT2D eigenvalue weighted by molar-refractivity contribution is 7.85. The zero-order chi connectivity index (χ0) is 28.9. The molecule has 3 rings (SSSR count). The van der Waals surface area contributed by atoms with E-state index < -0.39 is 10.1 Å². The summed E-state index contributed by atoms with van der Waals surface area (Å²) >= 11 is 0. The maximum atomic E-state index is 10.4. The topological polar surface area (TPSA) is 74.2 Å². The summed E-state index contributed by atoms with van der Waals surface area (Å²) in [5.41, 5.74) is 2.09. The van der Waals surface area contributed by atoms with Crippen molar-refractivity contribution in [3.8, 4) is 11.5 Å². The average Bonchev–Trinajstić information content (AvgIpc) is 3.42. The van der Waals surface area contributed by atoms with E-state index in [9.17, 15) is 13.0 Å². The van der Waals surface area contributed by atoms with E-state index in [1.165, 1.54) is 115 Å². The van der Waals surface area contributed by atoms with Crippen LogP contribution in [0.1, 0.15) is 115 Å². The highest BCUT2D eigenvalue weighted by atomic mass is 32.2. The third-order valence-corrected chi connectivity index (χ3v) is 8.11. The Bertz CT molecular complexity index is 1120. The fourth-order valence-electron chi connectivity index (χ4n) is 4.83. The second-order valence-electron chi connectivity index (χ2n) is 10.8. The molecule has 3 aromatic rings. The monoisotopic (exact) mass is 569 g/mol. The molecule has 0 aliphatic heterocycles. The Morgan fingerprint density at radius 3 is 1.62 bits per heavy atom. The van der Waals surface area contributed by atoms with Crippen LogP contribution in [0.5, 0.6) is 0 Å². The van der Waals surface area contributed by atoms with Crippen LogP contribution in [0.4, 0.5) is 0 Å². The molecule has 1 heterocycles. The molecule has 0 amide bonds. The molecule has 6 heteroatoms. The summed E-state index contributed by atoms with van der Waals surface area (Å²) in [5, 5.41) is 0. The zero-order valence-electron chi connectivity index (χ0n) is 24.9. The van der Waals surface area contributed by atoms with E-state index >= 15 is 0 Å². The van der Waals surface area contributed by atoms with Gasteiger partial charge in [0.05, 0.1) is 10.5 Å². The molecule has 0 bridgehead atoms. The van der Waals surface area contributed by atoms with Gasteiger partial charge in [0, 0.05) is 6.42 Å². The lowest BCUT2D eigenvalue weighted by molar-refractivity contribution is -0.688. The molecule has 0 fully saturated rings. The van der Waals surface area contributed by atoms with Crippen molar-refractivity contribution in [3.05, 3.63) is 72.6 Å². The van der Waals surface area contributed by atoms with E-state index in [4.69, 9.17) is 4.42 Å².